The first-order valence-electron chi connectivity index (χ1n) is 6.14. The zero-order valence-electron chi connectivity index (χ0n) is 10.5. The summed E-state index contributed by atoms with van der Waals surface area (Å²) in [6.07, 6.45) is 1.26. The van der Waals surface area contributed by atoms with Gasteiger partial charge in [0.2, 0.25) is 0 Å². The maximum Gasteiger partial charge on any atom is 0.254 e. The van der Waals surface area contributed by atoms with Crippen LogP contribution in [0.3, 0.4) is 0 Å². The van der Waals surface area contributed by atoms with Gasteiger partial charge in [0.25, 0.3) is 5.92 Å². The van der Waals surface area contributed by atoms with E-state index in [-0.39, 0.29) is 23.9 Å². The molecule has 0 aromatic heterocycles. The van der Waals surface area contributed by atoms with Crippen molar-refractivity contribution in [1.82, 2.24) is 10.2 Å². The van der Waals surface area contributed by atoms with Crippen LogP contribution in [-0.4, -0.2) is 43.0 Å². The lowest BCUT2D eigenvalue weighted by Crippen LogP contribution is -2.51. The maximum absolute atomic E-state index is 13.4. The summed E-state index contributed by atoms with van der Waals surface area (Å²) in [5.41, 5.74) is 0. The first-order chi connectivity index (χ1) is 7.34. The normalized spacial score (nSPS) is 41.2. The highest BCUT2D eigenvalue weighted by Crippen LogP contribution is 2.62. The molecule has 0 spiro atoms. The highest BCUT2D eigenvalue weighted by Gasteiger charge is 2.70. The second kappa shape index (κ2) is 3.91. The minimum absolute atomic E-state index is 0.213. The van der Waals surface area contributed by atoms with Gasteiger partial charge in [0.15, 0.2) is 0 Å². The first-order valence-corrected chi connectivity index (χ1v) is 6.14. The lowest BCUT2D eigenvalue weighted by Gasteiger charge is -2.36. The second-order valence-corrected chi connectivity index (χ2v) is 5.82. The average molecular weight is 232 g/mol. The minimum atomic E-state index is -2.39. The number of hydrogen-bond acceptors (Lipinski definition) is 2. The molecule has 94 valence electrons. The first kappa shape index (κ1) is 12.2. The fraction of sp³-hybridized carbons (Fsp3) is 1.00. The highest BCUT2D eigenvalue weighted by atomic mass is 19.3. The van der Waals surface area contributed by atoms with Gasteiger partial charge in [0.05, 0.1) is 0 Å². The van der Waals surface area contributed by atoms with Crippen LogP contribution in [0, 0.1) is 11.8 Å². The molecule has 0 heterocycles. The van der Waals surface area contributed by atoms with Gasteiger partial charge in [-0.05, 0) is 26.9 Å². The number of nitrogens with zero attached hydrogens (tertiary/aromatic N) is 1. The molecule has 2 aliphatic carbocycles. The van der Waals surface area contributed by atoms with E-state index in [1.807, 2.05) is 14.1 Å². The Morgan fingerprint density at radius 1 is 1.19 bits per heavy atom. The van der Waals surface area contributed by atoms with Crippen molar-refractivity contribution in [3.8, 4) is 0 Å². The Morgan fingerprint density at radius 3 is 2.25 bits per heavy atom. The van der Waals surface area contributed by atoms with E-state index in [9.17, 15) is 8.78 Å². The topological polar surface area (TPSA) is 15.3 Å². The second-order valence-electron chi connectivity index (χ2n) is 5.82. The monoisotopic (exact) mass is 232 g/mol. The third-order valence-electron chi connectivity index (χ3n) is 4.04. The summed E-state index contributed by atoms with van der Waals surface area (Å²) in [5, 5.41) is 3.43. The molecule has 16 heavy (non-hydrogen) atoms. The number of nitrogens with one attached hydrogen (secondary N) is 1. The van der Waals surface area contributed by atoms with Crippen molar-refractivity contribution in [1.29, 1.82) is 0 Å². The van der Waals surface area contributed by atoms with Gasteiger partial charge >= 0.3 is 0 Å². The van der Waals surface area contributed by atoms with Gasteiger partial charge in [-0.15, -0.1) is 0 Å². The van der Waals surface area contributed by atoms with Crippen molar-refractivity contribution in [2.24, 2.45) is 11.8 Å². The van der Waals surface area contributed by atoms with Crippen molar-refractivity contribution >= 4 is 0 Å². The highest BCUT2D eigenvalue weighted by molar-refractivity contribution is 5.13. The summed E-state index contributed by atoms with van der Waals surface area (Å²) in [6.45, 7) is 4.15. The summed E-state index contributed by atoms with van der Waals surface area (Å²) < 4.78 is 26.8. The molecule has 4 heteroatoms. The number of likely N-dealkylation sites (N-methyl/N-ethyl adjacent to an activating group) is 1. The Hall–Kier alpha value is -0.220. The van der Waals surface area contributed by atoms with E-state index in [1.165, 1.54) is 0 Å². The van der Waals surface area contributed by atoms with E-state index < -0.39 is 5.92 Å². The van der Waals surface area contributed by atoms with Gasteiger partial charge < -0.3 is 10.2 Å². The number of halogens is 2. The zero-order chi connectivity index (χ0) is 12.1. The van der Waals surface area contributed by atoms with E-state index in [0.29, 0.717) is 18.9 Å². The number of hydrogen-bond donors (Lipinski definition) is 1. The predicted molar refractivity (Wildman–Crippen MR) is 60.7 cm³/mol. The third kappa shape index (κ3) is 1.97. The summed E-state index contributed by atoms with van der Waals surface area (Å²) >= 11 is 0. The van der Waals surface area contributed by atoms with E-state index >= 15 is 0 Å². The Balaban J connectivity index is 2.05. The maximum atomic E-state index is 13.4. The van der Waals surface area contributed by atoms with Crippen molar-refractivity contribution in [2.45, 2.75) is 50.7 Å². The van der Waals surface area contributed by atoms with Crippen LogP contribution < -0.4 is 5.32 Å². The molecule has 0 aliphatic heterocycles. The summed E-state index contributed by atoms with van der Waals surface area (Å²) in [5.74, 6) is -3.10. The molecule has 0 bridgehead atoms. The molecular formula is C12H22F2N2. The standard InChI is InChI=1S/C12H22F2N2/c1-7(2)15-10-5-8-9(12(8,13)14)6-11(10)16(3)4/h7-11,15H,5-6H2,1-4H3/t8-,9+,10-,11-/m0/s1. The average Bonchev–Trinajstić information content (AvgIpc) is 2.66. The minimum Gasteiger partial charge on any atom is -0.310 e. The van der Waals surface area contributed by atoms with Gasteiger partial charge in [0, 0.05) is 30.0 Å². The fourth-order valence-electron chi connectivity index (χ4n) is 3.14. The molecule has 2 saturated carbocycles. The van der Waals surface area contributed by atoms with Crippen molar-refractivity contribution < 1.29 is 8.78 Å². The largest absolute Gasteiger partial charge is 0.310 e. The van der Waals surface area contributed by atoms with Crippen LogP contribution in [0.15, 0.2) is 0 Å². The van der Waals surface area contributed by atoms with E-state index in [2.05, 4.69) is 24.1 Å². The van der Waals surface area contributed by atoms with Gasteiger partial charge in [-0.1, -0.05) is 13.8 Å². The Bertz CT molecular complexity index is 266. The van der Waals surface area contributed by atoms with Crippen LogP contribution >= 0.6 is 0 Å². The molecule has 1 N–H and O–H groups in total. The molecule has 0 unspecified atom stereocenters. The van der Waals surface area contributed by atoms with Crippen LogP contribution in [0.2, 0.25) is 0 Å². The summed E-state index contributed by atoms with van der Waals surface area (Å²) in [6, 6.07) is 0.818. The molecule has 2 rings (SSSR count). The third-order valence-corrected chi connectivity index (χ3v) is 4.04. The lowest BCUT2D eigenvalue weighted by atomic mass is 9.89. The molecule has 0 aromatic carbocycles. The molecule has 0 amide bonds. The van der Waals surface area contributed by atoms with Crippen LogP contribution in [0.1, 0.15) is 26.7 Å². The quantitative estimate of drug-likeness (QED) is 0.800. The Labute approximate surface area is 96.4 Å². The van der Waals surface area contributed by atoms with Gasteiger partial charge in [0.1, 0.15) is 0 Å². The molecular weight excluding hydrogens is 210 g/mol. The molecule has 4 atom stereocenters. The van der Waals surface area contributed by atoms with E-state index in [0.717, 1.165) is 0 Å². The SMILES string of the molecule is CC(C)N[C@H]1C[C@H]2[C@@H](C[C@@H]1N(C)C)C2(F)F. The van der Waals surface area contributed by atoms with Crippen LogP contribution in [-0.2, 0) is 0 Å². The Kier molecular flexibility index (Phi) is 2.99. The van der Waals surface area contributed by atoms with Gasteiger partial charge in [-0.25, -0.2) is 8.78 Å². The predicted octanol–water partition coefficient (Wildman–Crippen LogP) is 1.96. The van der Waals surface area contributed by atoms with E-state index in [4.69, 9.17) is 0 Å². The fourth-order valence-corrected chi connectivity index (χ4v) is 3.14. The molecule has 2 aliphatic rings. The van der Waals surface area contributed by atoms with Crippen LogP contribution in [0.4, 0.5) is 8.78 Å². The van der Waals surface area contributed by atoms with Crippen molar-refractivity contribution in [2.75, 3.05) is 14.1 Å². The summed E-state index contributed by atoms with van der Waals surface area (Å²) in [4.78, 5) is 2.09. The van der Waals surface area contributed by atoms with Crippen molar-refractivity contribution in [3.63, 3.8) is 0 Å². The van der Waals surface area contributed by atoms with Gasteiger partial charge in [-0.2, -0.15) is 0 Å². The smallest absolute Gasteiger partial charge is 0.254 e. The number of fused-ring (bicyclic) bond motifs is 1. The Morgan fingerprint density at radius 2 is 1.75 bits per heavy atom. The van der Waals surface area contributed by atoms with E-state index in [1.54, 1.807) is 0 Å². The molecule has 2 nitrogen and oxygen atoms in total. The van der Waals surface area contributed by atoms with Gasteiger partial charge in [-0.3, -0.25) is 0 Å². The summed E-state index contributed by atoms with van der Waals surface area (Å²) in [7, 11) is 3.97. The van der Waals surface area contributed by atoms with Crippen molar-refractivity contribution in [3.05, 3.63) is 0 Å². The zero-order valence-corrected chi connectivity index (χ0v) is 10.5. The molecule has 0 aromatic rings. The van der Waals surface area contributed by atoms with Crippen LogP contribution in [0.5, 0.6) is 0 Å². The molecule has 2 fully saturated rings. The van der Waals surface area contributed by atoms with Crippen LogP contribution in [0.25, 0.3) is 0 Å². The number of alkyl halides is 2. The lowest BCUT2D eigenvalue weighted by molar-refractivity contribution is 0.0836. The molecule has 0 radical (unpaired) electrons. The molecule has 0 saturated heterocycles. The number of rotatable bonds is 3.